The Morgan fingerprint density at radius 3 is 2.69 bits per heavy atom. The SMILES string of the molecule is CN(C(=O)c1cncn1C)C1CCN(c2ncnc3ccccc23)CC1. The smallest absolute Gasteiger partial charge is 0.272 e. The summed E-state index contributed by atoms with van der Waals surface area (Å²) in [7, 11) is 3.73. The number of nitrogens with zero attached hydrogens (tertiary/aromatic N) is 6. The van der Waals surface area contributed by atoms with Crippen molar-refractivity contribution < 1.29 is 4.79 Å². The van der Waals surface area contributed by atoms with Crippen LogP contribution in [-0.4, -0.2) is 56.5 Å². The highest BCUT2D eigenvalue weighted by molar-refractivity contribution is 5.92. The normalized spacial score (nSPS) is 15.4. The lowest BCUT2D eigenvalue weighted by atomic mass is 10.0. The minimum absolute atomic E-state index is 0.0240. The fourth-order valence-corrected chi connectivity index (χ4v) is 3.62. The van der Waals surface area contributed by atoms with Crippen LogP contribution < -0.4 is 4.90 Å². The Morgan fingerprint density at radius 1 is 1.19 bits per heavy atom. The van der Waals surface area contributed by atoms with Crippen molar-refractivity contribution in [2.45, 2.75) is 18.9 Å². The summed E-state index contributed by atoms with van der Waals surface area (Å²) in [6, 6.07) is 8.30. The number of fused-ring (bicyclic) bond motifs is 1. The van der Waals surface area contributed by atoms with Crippen LogP contribution in [0.1, 0.15) is 23.3 Å². The molecule has 7 nitrogen and oxygen atoms in total. The van der Waals surface area contributed by atoms with E-state index in [4.69, 9.17) is 0 Å². The van der Waals surface area contributed by atoms with Crippen LogP contribution in [0.4, 0.5) is 5.82 Å². The van der Waals surface area contributed by atoms with E-state index in [9.17, 15) is 4.79 Å². The number of piperidine rings is 1. The predicted molar refractivity (Wildman–Crippen MR) is 100 cm³/mol. The molecule has 3 heterocycles. The van der Waals surface area contributed by atoms with Crippen molar-refractivity contribution >= 4 is 22.6 Å². The van der Waals surface area contributed by atoms with Crippen LogP contribution in [0.2, 0.25) is 0 Å². The summed E-state index contributed by atoms with van der Waals surface area (Å²) in [6.07, 6.45) is 6.74. The third-order valence-corrected chi connectivity index (χ3v) is 5.19. The third kappa shape index (κ3) is 2.89. The molecule has 4 rings (SSSR count). The molecule has 1 aliphatic rings. The third-order valence-electron chi connectivity index (χ3n) is 5.19. The van der Waals surface area contributed by atoms with Crippen LogP contribution in [0.5, 0.6) is 0 Å². The Morgan fingerprint density at radius 2 is 1.96 bits per heavy atom. The van der Waals surface area contributed by atoms with Gasteiger partial charge in [-0.25, -0.2) is 15.0 Å². The second-order valence-electron chi connectivity index (χ2n) is 6.74. The van der Waals surface area contributed by atoms with Crippen molar-refractivity contribution in [3.63, 3.8) is 0 Å². The van der Waals surface area contributed by atoms with E-state index in [0.29, 0.717) is 5.69 Å². The number of para-hydroxylation sites is 1. The molecule has 7 heteroatoms. The second-order valence-corrected chi connectivity index (χ2v) is 6.74. The standard InChI is InChI=1S/C19H22N6O/c1-23-13-20-11-17(23)19(26)24(2)14-7-9-25(10-8-14)18-15-5-3-4-6-16(15)21-12-22-18/h3-6,11-14H,7-10H2,1-2H3. The number of rotatable bonds is 3. The number of imidazole rings is 1. The molecule has 0 aliphatic carbocycles. The minimum Gasteiger partial charge on any atom is -0.356 e. The number of carbonyl (C=O) groups excluding carboxylic acids is 1. The molecule has 3 aromatic rings. The van der Waals surface area contributed by atoms with Crippen LogP contribution in [0, 0.1) is 0 Å². The summed E-state index contributed by atoms with van der Waals surface area (Å²) >= 11 is 0. The Labute approximate surface area is 152 Å². The highest BCUT2D eigenvalue weighted by Crippen LogP contribution is 2.26. The largest absolute Gasteiger partial charge is 0.356 e. The van der Waals surface area contributed by atoms with Gasteiger partial charge in [-0.1, -0.05) is 12.1 Å². The van der Waals surface area contributed by atoms with Gasteiger partial charge in [-0.05, 0) is 25.0 Å². The molecule has 1 aromatic carbocycles. The first kappa shape index (κ1) is 16.5. The van der Waals surface area contributed by atoms with Crippen LogP contribution >= 0.6 is 0 Å². The molecule has 0 atom stereocenters. The number of aryl methyl sites for hydroxylation is 1. The van der Waals surface area contributed by atoms with Crippen molar-refractivity contribution in [3.05, 3.63) is 48.8 Å². The molecule has 0 N–H and O–H groups in total. The molecule has 0 unspecified atom stereocenters. The maximum absolute atomic E-state index is 12.7. The summed E-state index contributed by atoms with van der Waals surface area (Å²) in [5.41, 5.74) is 1.58. The highest BCUT2D eigenvalue weighted by atomic mass is 16.2. The molecule has 1 aliphatic heterocycles. The van der Waals surface area contributed by atoms with Crippen molar-refractivity contribution in [1.29, 1.82) is 0 Å². The number of anilines is 1. The predicted octanol–water partition coefficient (Wildman–Crippen LogP) is 2.10. The van der Waals surface area contributed by atoms with Crippen LogP contribution in [0.3, 0.4) is 0 Å². The van der Waals surface area contributed by atoms with Crippen molar-refractivity contribution in [1.82, 2.24) is 24.4 Å². The van der Waals surface area contributed by atoms with Gasteiger partial charge in [0.2, 0.25) is 0 Å². The molecule has 1 fully saturated rings. The van der Waals surface area contributed by atoms with Gasteiger partial charge in [0.05, 0.1) is 18.0 Å². The van der Waals surface area contributed by atoms with Crippen molar-refractivity contribution in [2.75, 3.05) is 25.0 Å². The Hall–Kier alpha value is -2.96. The molecule has 26 heavy (non-hydrogen) atoms. The number of carbonyl (C=O) groups is 1. The quantitative estimate of drug-likeness (QED) is 0.724. The van der Waals surface area contributed by atoms with Gasteiger partial charge in [0, 0.05) is 38.6 Å². The van der Waals surface area contributed by atoms with Gasteiger partial charge in [0.15, 0.2) is 0 Å². The van der Waals surface area contributed by atoms with Gasteiger partial charge in [-0.3, -0.25) is 4.79 Å². The summed E-state index contributed by atoms with van der Waals surface area (Å²) in [5, 5.41) is 1.08. The molecule has 1 saturated heterocycles. The molecule has 2 aromatic heterocycles. The fourth-order valence-electron chi connectivity index (χ4n) is 3.62. The highest BCUT2D eigenvalue weighted by Gasteiger charge is 2.28. The van der Waals surface area contributed by atoms with E-state index in [2.05, 4.69) is 25.9 Å². The molecular weight excluding hydrogens is 328 g/mol. The first-order valence-corrected chi connectivity index (χ1v) is 8.83. The van der Waals surface area contributed by atoms with Gasteiger partial charge in [-0.15, -0.1) is 0 Å². The van der Waals surface area contributed by atoms with Crippen LogP contribution in [0.25, 0.3) is 10.9 Å². The average Bonchev–Trinajstić information content (AvgIpc) is 3.12. The zero-order valence-electron chi connectivity index (χ0n) is 15.0. The average molecular weight is 350 g/mol. The lowest BCUT2D eigenvalue weighted by Gasteiger charge is -2.37. The van der Waals surface area contributed by atoms with E-state index < -0.39 is 0 Å². The topological polar surface area (TPSA) is 67.2 Å². The van der Waals surface area contributed by atoms with E-state index in [1.165, 1.54) is 0 Å². The number of hydrogen-bond acceptors (Lipinski definition) is 5. The summed E-state index contributed by atoms with van der Waals surface area (Å²) in [4.78, 5) is 29.7. The van der Waals surface area contributed by atoms with E-state index in [-0.39, 0.29) is 11.9 Å². The first-order valence-electron chi connectivity index (χ1n) is 8.83. The summed E-state index contributed by atoms with van der Waals surface area (Å²) < 4.78 is 1.76. The number of hydrogen-bond donors (Lipinski definition) is 0. The number of amides is 1. The summed E-state index contributed by atoms with van der Waals surface area (Å²) in [6.45, 7) is 1.74. The van der Waals surface area contributed by atoms with Crippen LogP contribution in [-0.2, 0) is 7.05 Å². The Bertz CT molecular complexity index is 923. The maximum atomic E-state index is 12.7. The van der Waals surface area contributed by atoms with Gasteiger partial charge >= 0.3 is 0 Å². The van der Waals surface area contributed by atoms with E-state index in [1.807, 2.05) is 37.2 Å². The Balaban J connectivity index is 1.47. The van der Waals surface area contributed by atoms with Crippen molar-refractivity contribution in [2.24, 2.45) is 7.05 Å². The molecule has 0 bridgehead atoms. The molecular formula is C19H22N6O. The van der Waals surface area contributed by atoms with Crippen molar-refractivity contribution in [3.8, 4) is 0 Å². The van der Waals surface area contributed by atoms with E-state index in [1.54, 1.807) is 23.4 Å². The van der Waals surface area contributed by atoms with E-state index in [0.717, 1.165) is 42.7 Å². The minimum atomic E-state index is 0.0240. The molecule has 0 saturated carbocycles. The van der Waals surface area contributed by atoms with Gasteiger partial charge in [-0.2, -0.15) is 0 Å². The van der Waals surface area contributed by atoms with Gasteiger partial charge in [0.1, 0.15) is 17.8 Å². The van der Waals surface area contributed by atoms with Gasteiger partial charge in [0.25, 0.3) is 5.91 Å². The molecule has 0 radical (unpaired) electrons. The lowest BCUT2D eigenvalue weighted by Crippen LogP contribution is -2.46. The lowest BCUT2D eigenvalue weighted by molar-refractivity contribution is 0.0699. The monoisotopic (exact) mass is 350 g/mol. The van der Waals surface area contributed by atoms with Crippen LogP contribution in [0.15, 0.2) is 43.1 Å². The first-order chi connectivity index (χ1) is 12.6. The molecule has 1 amide bonds. The second kappa shape index (κ2) is 6.74. The van der Waals surface area contributed by atoms with Gasteiger partial charge < -0.3 is 14.4 Å². The zero-order valence-corrected chi connectivity index (χ0v) is 15.0. The maximum Gasteiger partial charge on any atom is 0.272 e. The molecule has 134 valence electrons. The zero-order chi connectivity index (χ0) is 18.1. The number of aromatic nitrogens is 4. The number of benzene rings is 1. The Kier molecular flexibility index (Phi) is 4.28. The molecule has 0 spiro atoms. The summed E-state index contributed by atoms with van der Waals surface area (Å²) in [5.74, 6) is 1.01. The fraction of sp³-hybridized carbons (Fsp3) is 0.368. The van der Waals surface area contributed by atoms with E-state index >= 15 is 0 Å².